The van der Waals surface area contributed by atoms with Gasteiger partial charge in [0.1, 0.15) is 5.69 Å². The zero-order chi connectivity index (χ0) is 18.1. The normalized spacial score (nSPS) is 17.9. The van der Waals surface area contributed by atoms with E-state index in [1.54, 1.807) is 18.3 Å². The highest BCUT2D eigenvalue weighted by Crippen LogP contribution is 2.33. The molecule has 1 aliphatic heterocycles. The summed E-state index contributed by atoms with van der Waals surface area (Å²) in [5.74, 6) is -0.235. The minimum Gasteiger partial charge on any atom is -0.366 e. The highest BCUT2D eigenvalue weighted by Gasteiger charge is 2.28. The second kappa shape index (κ2) is 6.78. The fraction of sp³-hybridized carbons (Fsp3) is 0.444. The molecule has 0 radical (unpaired) electrons. The Labute approximate surface area is 151 Å². The van der Waals surface area contributed by atoms with Gasteiger partial charge in [-0.3, -0.25) is 14.9 Å². The van der Waals surface area contributed by atoms with E-state index in [-0.39, 0.29) is 17.6 Å². The number of benzene rings is 1. The predicted octanol–water partition coefficient (Wildman–Crippen LogP) is 2.53. The molecule has 2 heterocycles. The van der Waals surface area contributed by atoms with Crippen molar-refractivity contribution in [1.82, 2.24) is 14.9 Å². The molecule has 1 N–H and O–H groups in total. The number of nitrogens with one attached hydrogen (secondary N) is 1. The second-order valence-corrected chi connectivity index (χ2v) is 6.94. The van der Waals surface area contributed by atoms with Crippen LogP contribution in [0.2, 0.25) is 0 Å². The summed E-state index contributed by atoms with van der Waals surface area (Å²) in [5, 5.41) is 14.4. The number of nitrogens with zero attached hydrogens (tertiary/aromatic N) is 4. The van der Waals surface area contributed by atoms with Crippen molar-refractivity contribution in [3.05, 3.63) is 52.6 Å². The van der Waals surface area contributed by atoms with Crippen molar-refractivity contribution in [3.63, 3.8) is 0 Å². The van der Waals surface area contributed by atoms with Crippen LogP contribution in [0.4, 0.5) is 11.4 Å². The summed E-state index contributed by atoms with van der Waals surface area (Å²) in [4.78, 5) is 29.5. The Morgan fingerprint density at radius 2 is 2.00 bits per heavy atom. The van der Waals surface area contributed by atoms with Crippen LogP contribution in [0.5, 0.6) is 0 Å². The molecule has 2 aromatic rings. The number of carbonyl (C=O) groups excluding carboxylic acids is 1. The van der Waals surface area contributed by atoms with Crippen LogP contribution in [0, 0.1) is 10.1 Å². The zero-order valence-electron chi connectivity index (χ0n) is 14.4. The van der Waals surface area contributed by atoms with E-state index < -0.39 is 4.92 Å². The summed E-state index contributed by atoms with van der Waals surface area (Å²) in [6.07, 6.45) is 9.30. The SMILES string of the molecule is O=C(NC1CC1)c1ccc(N2CCC(n3ccnc3)CC2)c([N+](=O)[O-])c1. The molecule has 26 heavy (non-hydrogen) atoms. The molecule has 136 valence electrons. The molecule has 2 aliphatic rings. The average molecular weight is 355 g/mol. The van der Waals surface area contributed by atoms with Crippen molar-refractivity contribution < 1.29 is 9.72 Å². The Morgan fingerprint density at radius 3 is 2.62 bits per heavy atom. The third kappa shape index (κ3) is 3.40. The average Bonchev–Trinajstić information content (AvgIpc) is 3.30. The lowest BCUT2D eigenvalue weighted by Gasteiger charge is -2.33. The number of carbonyl (C=O) groups is 1. The van der Waals surface area contributed by atoms with Gasteiger partial charge in [0.15, 0.2) is 0 Å². The third-order valence-corrected chi connectivity index (χ3v) is 5.10. The van der Waals surface area contributed by atoms with Crippen molar-refractivity contribution in [2.24, 2.45) is 0 Å². The van der Waals surface area contributed by atoms with E-state index in [1.165, 1.54) is 6.07 Å². The zero-order valence-corrected chi connectivity index (χ0v) is 14.4. The van der Waals surface area contributed by atoms with E-state index in [2.05, 4.69) is 14.9 Å². The number of hydrogen-bond donors (Lipinski definition) is 1. The summed E-state index contributed by atoms with van der Waals surface area (Å²) in [7, 11) is 0. The minimum absolute atomic E-state index is 0.00507. The van der Waals surface area contributed by atoms with E-state index in [1.807, 2.05) is 17.4 Å². The first-order chi connectivity index (χ1) is 12.6. The van der Waals surface area contributed by atoms with Crippen LogP contribution in [-0.2, 0) is 0 Å². The summed E-state index contributed by atoms with van der Waals surface area (Å²) < 4.78 is 2.09. The second-order valence-electron chi connectivity index (χ2n) is 6.94. The number of nitro groups is 1. The van der Waals surface area contributed by atoms with Gasteiger partial charge in [0.05, 0.1) is 11.3 Å². The summed E-state index contributed by atoms with van der Waals surface area (Å²) in [6, 6.07) is 5.38. The van der Waals surface area contributed by atoms with Crippen LogP contribution >= 0.6 is 0 Å². The molecule has 1 aromatic carbocycles. The van der Waals surface area contributed by atoms with Gasteiger partial charge in [-0.15, -0.1) is 0 Å². The van der Waals surface area contributed by atoms with Gasteiger partial charge in [-0.2, -0.15) is 0 Å². The van der Waals surface area contributed by atoms with Gasteiger partial charge in [-0.05, 0) is 37.8 Å². The quantitative estimate of drug-likeness (QED) is 0.657. The fourth-order valence-electron chi connectivity index (χ4n) is 3.47. The minimum atomic E-state index is -0.398. The number of anilines is 1. The Kier molecular flexibility index (Phi) is 4.32. The molecular weight excluding hydrogens is 334 g/mol. The van der Waals surface area contributed by atoms with E-state index in [4.69, 9.17) is 0 Å². The van der Waals surface area contributed by atoms with Crippen molar-refractivity contribution in [1.29, 1.82) is 0 Å². The Hall–Kier alpha value is -2.90. The number of imidazole rings is 1. The lowest BCUT2D eigenvalue weighted by Crippen LogP contribution is -2.35. The maximum Gasteiger partial charge on any atom is 0.293 e. The molecular formula is C18H21N5O3. The standard InChI is InChI=1S/C18H21N5O3/c24-18(20-14-2-3-14)13-1-4-16(17(11-13)23(25)26)21-8-5-15(6-9-21)22-10-7-19-12-22/h1,4,7,10-12,14-15H,2-3,5-6,8-9H2,(H,20,24). The molecule has 8 heteroatoms. The van der Waals surface area contributed by atoms with Crippen molar-refractivity contribution >= 4 is 17.3 Å². The van der Waals surface area contributed by atoms with Gasteiger partial charge in [0, 0.05) is 49.2 Å². The maximum absolute atomic E-state index is 12.2. The van der Waals surface area contributed by atoms with Crippen molar-refractivity contribution in [2.45, 2.75) is 37.8 Å². The van der Waals surface area contributed by atoms with E-state index in [0.717, 1.165) is 38.8 Å². The summed E-state index contributed by atoms with van der Waals surface area (Å²) >= 11 is 0. The first-order valence-electron chi connectivity index (χ1n) is 8.93. The van der Waals surface area contributed by atoms with Crippen LogP contribution in [-0.4, -0.2) is 39.5 Å². The Bertz CT molecular complexity index is 808. The molecule has 8 nitrogen and oxygen atoms in total. The van der Waals surface area contributed by atoms with Gasteiger partial charge in [-0.25, -0.2) is 4.98 Å². The smallest absolute Gasteiger partial charge is 0.293 e. The highest BCUT2D eigenvalue weighted by atomic mass is 16.6. The lowest BCUT2D eigenvalue weighted by molar-refractivity contribution is -0.384. The van der Waals surface area contributed by atoms with Crippen LogP contribution < -0.4 is 10.2 Å². The van der Waals surface area contributed by atoms with Gasteiger partial charge < -0.3 is 14.8 Å². The van der Waals surface area contributed by atoms with Gasteiger partial charge in [-0.1, -0.05) is 0 Å². The number of aromatic nitrogens is 2. The van der Waals surface area contributed by atoms with Crippen LogP contribution in [0.1, 0.15) is 42.1 Å². The topological polar surface area (TPSA) is 93.3 Å². The number of rotatable bonds is 5. The van der Waals surface area contributed by atoms with Crippen molar-refractivity contribution in [3.8, 4) is 0 Å². The van der Waals surface area contributed by atoms with Crippen LogP contribution in [0.3, 0.4) is 0 Å². The molecule has 0 atom stereocenters. The highest BCUT2D eigenvalue weighted by molar-refractivity contribution is 5.96. The van der Waals surface area contributed by atoms with Gasteiger partial charge in [0.2, 0.25) is 0 Å². The van der Waals surface area contributed by atoms with Gasteiger partial charge in [0.25, 0.3) is 11.6 Å². The fourth-order valence-corrected chi connectivity index (χ4v) is 3.47. The third-order valence-electron chi connectivity index (χ3n) is 5.10. The van der Waals surface area contributed by atoms with Gasteiger partial charge >= 0.3 is 0 Å². The molecule has 0 bridgehead atoms. The molecule has 4 rings (SSSR count). The summed E-state index contributed by atoms with van der Waals surface area (Å²) in [5.41, 5.74) is 0.928. The maximum atomic E-state index is 12.2. The molecule has 1 aromatic heterocycles. The van der Waals surface area contributed by atoms with Crippen LogP contribution in [0.25, 0.3) is 0 Å². The van der Waals surface area contributed by atoms with E-state index in [0.29, 0.717) is 17.3 Å². The Balaban J connectivity index is 1.50. The molecule has 1 saturated heterocycles. The van der Waals surface area contributed by atoms with E-state index in [9.17, 15) is 14.9 Å². The number of hydrogen-bond acceptors (Lipinski definition) is 5. The molecule has 2 fully saturated rings. The molecule has 0 unspecified atom stereocenters. The van der Waals surface area contributed by atoms with Crippen molar-refractivity contribution in [2.75, 3.05) is 18.0 Å². The largest absolute Gasteiger partial charge is 0.366 e. The number of nitro benzene ring substituents is 1. The molecule has 1 amide bonds. The molecule has 0 spiro atoms. The Morgan fingerprint density at radius 1 is 1.23 bits per heavy atom. The molecule has 1 aliphatic carbocycles. The number of amides is 1. The monoisotopic (exact) mass is 355 g/mol. The summed E-state index contributed by atoms with van der Waals surface area (Å²) in [6.45, 7) is 1.47. The first-order valence-corrected chi connectivity index (χ1v) is 8.93. The predicted molar refractivity (Wildman–Crippen MR) is 96.3 cm³/mol. The molecule has 1 saturated carbocycles. The van der Waals surface area contributed by atoms with E-state index >= 15 is 0 Å². The lowest BCUT2D eigenvalue weighted by atomic mass is 10.0. The number of piperidine rings is 1. The first kappa shape index (κ1) is 16.6. The van der Waals surface area contributed by atoms with Crippen LogP contribution in [0.15, 0.2) is 36.9 Å².